The first-order valence-corrected chi connectivity index (χ1v) is 20.3. The van der Waals surface area contributed by atoms with Gasteiger partial charge in [0.15, 0.2) is 0 Å². The number of anilines is 3. The van der Waals surface area contributed by atoms with E-state index in [1.165, 1.54) is 84.5 Å². The summed E-state index contributed by atoms with van der Waals surface area (Å²) in [6.07, 6.45) is 0. The number of thiophene rings is 2. The molecule has 1 nitrogen and oxygen atoms in total. The van der Waals surface area contributed by atoms with Crippen LogP contribution in [-0.4, -0.2) is 0 Å². The van der Waals surface area contributed by atoms with Crippen LogP contribution in [0.5, 0.6) is 0 Å². The molecule has 0 saturated carbocycles. The molecule has 2 heterocycles. The summed E-state index contributed by atoms with van der Waals surface area (Å²) in [6, 6.07) is 73.3. The van der Waals surface area contributed by atoms with Gasteiger partial charge in [0.05, 0.1) is 5.69 Å². The van der Waals surface area contributed by atoms with Gasteiger partial charge in [-0.2, -0.15) is 0 Å². The molecule has 11 rings (SSSR count). The molecule has 0 spiro atoms. The summed E-state index contributed by atoms with van der Waals surface area (Å²) >= 11 is 3.75. The molecular weight excluding hydrogens is 703 g/mol. The Bertz CT molecular complexity index is 3190. The predicted molar refractivity (Wildman–Crippen MR) is 241 cm³/mol. The van der Waals surface area contributed by atoms with E-state index in [0.29, 0.717) is 0 Å². The van der Waals surface area contributed by atoms with E-state index >= 15 is 0 Å². The topological polar surface area (TPSA) is 3.24 Å². The summed E-state index contributed by atoms with van der Waals surface area (Å²) in [7, 11) is 0. The van der Waals surface area contributed by atoms with Crippen LogP contribution in [0.3, 0.4) is 0 Å². The largest absolute Gasteiger partial charge is 0.310 e. The van der Waals surface area contributed by atoms with Crippen molar-refractivity contribution in [3.05, 3.63) is 200 Å². The Balaban J connectivity index is 1.02. The molecule has 0 amide bonds. The molecule has 0 saturated heterocycles. The van der Waals surface area contributed by atoms with Crippen LogP contribution in [0.4, 0.5) is 17.1 Å². The van der Waals surface area contributed by atoms with Gasteiger partial charge in [0.25, 0.3) is 0 Å². The van der Waals surface area contributed by atoms with Crippen molar-refractivity contribution in [2.45, 2.75) is 0 Å². The van der Waals surface area contributed by atoms with E-state index in [2.05, 4.69) is 205 Å². The maximum absolute atomic E-state index is 2.40. The minimum Gasteiger partial charge on any atom is -0.310 e. The van der Waals surface area contributed by atoms with Crippen LogP contribution in [0.25, 0.3) is 84.5 Å². The summed E-state index contributed by atoms with van der Waals surface area (Å²) in [6.45, 7) is 0. The van der Waals surface area contributed by atoms with Crippen molar-refractivity contribution < 1.29 is 0 Å². The van der Waals surface area contributed by atoms with Crippen molar-refractivity contribution in [2.24, 2.45) is 0 Å². The number of fused-ring (bicyclic) bond motifs is 8. The van der Waals surface area contributed by atoms with E-state index in [-0.39, 0.29) is 0 Å². The molecule has 0 aliphatic rings. The standard InChI is InChI=1S/C52H33NS2/c1-2-11-35(12-3-1)41-13-4-7-18-47(41)53(40-30-25-36(26-31-40)42-16-10-17-44-43-14-5-8-19-48(43)55-52(42)44)39-28-23-34(24-29-39)38-22-21-37-27-32-50-51(46(37)33-38)45-15-6-9-20-49(45)54-50/h1-33H. The highest BCUT2D eigenvalue weighted by Crippen LogP contribution is 2.44. The lowest BCUT2D eigenvalue weighted by atomic mass is 9.97. The van der Waals surface area contributed by atoms with Crippen molar-refractivity contribution in [1.29, 1.82) is 0 Å². The number of hydrogen-bond acceptors (Lipinski definition) is 3. The number of hydrogen-bond donors (Lipinski definition) is 0. The number of rotatable bonds is 6. The van der Waals surface area contributed by atoms with Crippen molar-refractivity contribution in [3.63, 3.8) is 0 Å². The molecule has 11 aromatic rings. The second-order valence-corrected chi connectivity index (χ2v) is 16.2. The highest BCUT2D eigenvalue weighted by molar-refractivity contribution is 7.26. The third kappa shape index (κ3) is 5.43. The van der Waals surface area contributed by atoms with Crippen LogP contribution in [0, 0.1) is 0 Å². The molecule has 0 unspecified atom stereocenters. The zero-order valence-electron chi connectivity index (χ0n) is 29.8. The van der Waals surface area contributed by atoms with Crippen molar-refractivity contribution in [2.75, 3.05) is 4.90 Å². The number of nitrogens with zero attached hydrogens (tertiary/aromatic N) is 1. The van der Waals surface area contributed by atoms with Crippen LogP contribution in [0.1, 0.15) is 0 Å². The van der Waals surface area contributed by atoms with Crippen LogP contribution in [-0.2, 0) is 0 Å². The van der Waals surface area contributed by atoms with Gasteiger partial charge in [-0.05, 0) is 93.2 Å². The quantitative estimate of drug-likeness (QED) is 0.164. The van der Waals surface area contributed by atoms with E-state index < -0.39 is 0 Å². The monoisotopic (exact) mass is 735 g/mol. The summed E-state index contributed by atoms with van der Waals surface area (Å²) < 4.78 is 5.33. The molecule has 0 bridgehead atoms. The second kappa shape index (κ2) is 13.1. The maximum atomic E-state index is 2.40. The molecule has 55 heavy (non-hydrogen) atoms. The van der Waals surface area contributed by atoms with E-state index in [1.807, 2.05) is 22.7 Å². The molecular formula is C52H33NS2. The molecule has 2 aromatic heterocycles. The third-order valence-electron chi connectivity index (χ3n) is 10.9. The molecule has 0 aliphatic heterocycles. The molecule has 0 radical (unpaired) electrons. The Labute approximate surface area is 327 Å². The van der Waals surface area contributed by atoms with Crippen molar-refractivity contribution in [3.8, 4) is 33.4 Å². The SMILES string of the molecule is c1ccc(-c2ccccc2N(c2ccc(-c3ccc4ccc5sc6ccccc6c5c4c3)cc2)c2ccc(-c3cccc4c3sc3ccccc34)cc2)cc1. The summed E-state index contributed by atoms with van der Waals surface area (Å²) in [5, 5.41) is 7.91. The first-order valence-electron chi connectivity index (χ1n) is 18.7. The Morgan fingerprint density at radius 1 is 0.327 bits per heavy atom. The van der Waals surface area contributed by atoms with Gasteiger partial charge in [0.2, 0.25) is 0 Å². The van der Waals surface area contributed by atoms with Gasteiger partial charge in [-0.25, -0.2) is 0 Å². The molecule has 0 N–H and O–H groups in total. The first kappa shape index (κ1) is 32.0. The lowest BCUT2D eigenvalue weighted by Gasteiger charge is -2.28. The highest BCUT2D eigenvalue weighted by Gasteiger charge is 2.18. The van der Waals surface area contributed by atoms with Crippen LogP contribution < -0.4 is 4.90 Å². The van der Waals surface area contributed by atoms with E-state index in [1.54, 1.807) is 0 Å². The fraction of sp³-hybridized carbons (Fsp3) is 0. The molecule has 258 valence electrons. The summed E-state index contributed by atoms with van der Waals surface area (Å²) in [5.74, 6) is 0. The second-order valence-electron chi connectivity index (χ2n) is 14.1. The molecule has 0 fully saturated rings. The molecule has 9 aromatic carbocycles. The fourth-order valence-corrected chi connectivity index (χ4v) is 10.6. The first-order chi connectivity index (χ1) is 27.3. The van der Waals surface area contributed by atoms with Crippen LogP contribution >= 0.6 is 22.7 Å². The minimum atomic E-state index is 1.11. The average molecular weight is 736 g/mol. The van der Waals surface area contributed by atoms with Gasteiger partial charge in [-0.1, -0.05) is 146 Å². The summed E-state index contributed by atoms with van der Waals surface area (Å²) in [4.78, 5) is 2.40. The zero-order valence-corrected chi connectivity index (χ0v) is 31.4. The third-order valence-corrected chi connectivity index (χ3v) is 13.2. The van der Waals surface area contributed by atoms with Gasteiger partial charge in [0.1, 0.15) is 0 Å². The van der Waals surface area contributed by atoms with Crippen molar-refractivity contribution in [1.82, 2.24) is 0 Å². The molecule has 0 aliphatic carbocycles. The lowest BCUT2D eigenvalue weighted by Crippen LogP contribution is -2.11. The van der Waals surface area contributed by atoms with E-state index in [9.17, 15) is 0 Å². The van der Waals surface area contributed by atoms with E-state index in [0.717, 1.165) is 17.1 Å². The number of benzene rings is 9. The Morgan fingerprint density at radius 2 is 0.909 bits per heavy atom. The molecule has 0 atom stereocenters. The number of para-hydroxylation sites is 1. The predicted octanol–water partition coefficient (Wildman–Crippen LogP) is 16.0. The Hall–Kier alpha value is -6.52. The van der Waals surface area contributed by atoms with Crippen molar-refractivity contribution >= 4 is 90.9 Å². The molecule has 3 heteroatoms. The average Bonchev–Trinajstić information content (AvgIpc) is 3.84. The van der Waals surface area contributed by atoms with Gasteiger partial charge >= 0.3 is 0 Å². The Kier molecular flexibility index (Phi) is 7.61. The zero-order chi connectivity index (χ0) is 36.3. The smallest absolute Gasteiger partial charge is 0.0540 e. The van der Waals surface area contributed by atoms with E-state index in [4.69, 9.17) is 0 Å². The van der Waals surface area contributed by atoms with Crippen LogP contribution in [0.2, 0.25) is 0 Å². The normalized spacial score (nSPS) is 11.6. The fourth-order valence-electron chi connectivity index (χ4n) is 8.25. The lowest BCUT2D eigenvalue weighted by molar-refractivity contribution is 1.28. The van der Waals surface area contributed by atoms with Gasteiger partial charge < -0.3 is 4.90 Å². The Morgan fingerprint density at radius 3 is 1.71 bits per heavy atom. The minimum absolute atomic E-state index is 1.11. The van der Waals surface area contributed by atoms with Crippen LogP contribution in [0.15, 0.2) is 200 Å². The summed E-state index contributed by atoms with van der Waals surface area (Å²) in [5.41, 5.74) is 10.6. The maximum Gasteiger partial charge on any atom is 0.0540 e. The highest BCUT2D eigenvalue weighted by atomic mass is 32.1. The van der Waals surface area contributed by atoms with Gasteiger partial charge in [0, 0.05) is 57.3 Å². The van der Waals surface area contributed by atoms with Gasteiger partial charge in [-0.15, -0.1) is 22.7 Å². The van der Waals surface area contributed by atoms with Gasteiger partial charge in [-0.3, -0.25) is 0 Å².